The Labute approximate surface area is 221 Å². The van der Waals surface area contributed by atoms with Crippen molar-refractivity contribution in [3.05, 3.63) is 47.3 Å². The fourth-order valence-electron chi connectivity index (χ4n) is 6.57. The van der Waals surface area contributed by atoms with Gasteiger partial charge in [0.15, 0.2) is 0 Å². The molecule has 202 valence electrons. The summed E-state index contributed by atoms with van der Waals surface area (Å²) in [5, 5.41) is 0. The Balaban J connectivity index is 1.41. The number of carbonyl (C=O) groups excluding carboxylic acids is 1. The quantitative estimate of drug-likeness (QED) is 0.548. The Kier molecular flexibility index (Phi) is 7.65. The first-order chi connectivity index (χ1) is 17.8. The third-order valence-electron chi connectivity index (χ3n) is 8.33. The molecule has 0 saturated carbocycles. The Morgan fingerprint density at radius 2 is 1.73 bits per heavy atom. The highest BCUT2D eigenvalue weighted by atomic mass is 32.2. The summed E-state index contributed by atoms with van der Waals surface area (Å²) in [4.78, 5) is 18.6. The fraction of sp³-hybridized carbons (Fsp3) is 0.607. The molecule has 0 radical (unpaired) electrons. The molecule has 9 heteroatoms. The van der Waals surface area contributed by atoms with E-state index in [1.807, 2.05) is 37.1 Å². The Morgan fingerprint density at radius 1 is 1.00 bits per heavy atom. The van der Waals surface area contributed by atoms with E-state index < -0.39 is 16.1 Å². The van der Waals surface area contributed by atoms with Gasteiger partial charge in [0.05, 0.1) is 18.0 Å². The Bertz CT molecular complexity index is 1210. The molecule has 0 aliphatic carbocycles. The third-order valence-corrected chi connectivity index (χ3v) is 10.5. The van der Waals surface area contributed by atoms with Crippen LogP contribution < -0.4 is 4.74 Å². The van der Waals surface area contributed by atoms with Crippen LogP contribution in [0.5, 0.6) is 5.75 Å². The number of likely N-dealkylation sites (tertiary alicyclic amines) is 2. The summed E-state index contributed by atoms with van der Waals surface area (Å²) >= 11 is 0. The van der Waals surface area contributed by atoms with E-state index >= 15 is 0 Å². The summed E-state index contributed by atoms with van der Waals surface area (Å²) in [6.45, 7) is 8.44. The van der Waals surface area contributed by atoms with Gasteiger partial charge in [0.25, 0.3) is 0 Å². The second-order valence-corrected chi connectivity index (χ2v) is 12.6. The van der Waals surface area contributed by atoms with E-state index in [1.165, 1.54) is 19.3 Å². The molecule has 3 aliphatic heterocycles. The number of methoxy groups -OCH3 is 1. The summed E-state index contributed by atoms with van der Waals surface area (Å²) in [5.41, 5.74) is 2.20. The van der Waals surface area contributed by atoms with Gasteiger partial charge in [-0.2, -0.15) is 4.31 Å². The lowest BCUT2D eigenvalue weighted by Crippen LogP contribution is -2.47. The zero-order valence-corrected chi connectivity index (χ0v) is 23.2. The van der Waals surface area contributed by atoms with Crippen molar-refractivity contribution in [2.45, 2.75) is 75.9 Å². The maximum atomic E-state index is 14.1. The number of piperidine rings is 1. The zero-order chi connectivity index (χ0) is 26.2. The number of hydrogen-bond donors (Lipinski definition) is 0. The Morgan fingerprint density at radius 3 is 2.43 bits per heavy atom. The fourth-order valence-corrected chi connectivity index (χ4v) is 8.57. The van der Waals surface area contributed by atoms with Gasteiger partial charge in [-0.3, -0.25) is 4.79 Å². The van der Waals surface area contributed by atoms with Gasteiger partial charge in [0.2, 0.25) is 15.9 Å². The van der Waals surface area contributed by atoms with Crippen LogP contribution in [0.4, 0.5) is 0 Å². The van der Waals surface area contributed by atoms with Crippen molar-refractivity contribution < 1.29 is 17.9 Å². The molecule has 0 bridgehead atoms. The highest BCUT2D eigenvalue weighted by Crippen LogP contribution is 2.37. The summed E-state index contributed by atoms with van der Waals surface area (Å²) in [6.07, 6.45) is 7.94. The van der Waals surface area contributed by atoms with E-state index in [2.05, 4.69) is 9.47 Å². The van der Waals surface area contributed by atoms with Crippen LogP contribution in [0.25, 0.3) is 0 Å². The van der Waals surface area contributed by atoms with E-state index in [0.29, 0.717) is 34.9 Å². The van der Waals surface area contributed by atoms with Gasteiger partial charge in [-0.05, 0) is 88.0 Å². The van der Waals surface area contributed by atoms with Crippen molar-refractivity contribution in [2.24, 2.45) is 0 Å². The molecule has 2 unspecified atom stereocenters. The molecule has 2 aromatic rings. The third kappa shape index (κ3) is 5.18. The number of ether oxygens (including phenoxy) is 1. The molecule has 4 heterocycles. The number of hydrogen-bond acceptors (Lipinski definition) is 5. The SMILES string of the molecule is COc1cc(C)c(S(=O)(=O)N2CCn3cccc3C2CC(=O)N2CCCC2CN2CCCCC2)c(C)c1. The van der Waals surface area contributed by atoms with Crippen LogP contribution in [0.2, 0.25) is 0 Å². The number of carbonyl (C=O) groups is 1. The van der Waals surface area contributed by atoms with Gasteiger partial charge >= 0.3 is 0 Å². The van der Waals surface area contributed by atoms with Crippen LogP contribution in [-0.2, 0) is 21.4 Å². The zero-order valence-electron chi connectivity index (χ0n) is 22.4. The van der Waals surface area contributed by atoms with Crippen LogP contribution in [0.1, 0.15) is 61.4 Å². The summed E-state index contributed by atoms with van der Waals surface area (Å²) in [7, 11) is -2.25. The van der Waals surface area contributed by atoms with Crippen molar-refractivity contribution in [1.82, 2.24) is 18.7 Å². The van der Waals surface area contributed by atoms with Gasteiger partial charge in [-0.25, -0.2) is 8.42 Å². The predicted octanol–water partition coefficient (Wildman–Crippen LogP) is 3.73. The second kappa shape index (κ2) is 10.8. The molecule has 1 aromatic heterocycles. The number of aryl methyl sites for hydroxylation is 2. The second-order valence-electron chi connectivity index (χ2n) is 10.8. The highest BCUT2D eigenvalue weighted by Gasteiger charge is 2.41. The summed E-state index contributed by atoms with van der Waals surface area (Å²) in [5.74, 6) is 0.699. The number of rotatable bonds is 7. The number of amides is 1. The average molecular weight is 529 g/mol. The minimum absolute atomic E-state index is 0.0579. The normalized spacial score (nSPS) is 23.3. The van der Waals surface area contributed by atoms with E-state index in [-0.39, 0.29) is 18.4 Å². The molecular weight excluding hydrogens is 488 g/mol. The molecular formula is C28H40N4O4S. The molecule has 2 fully saturated rings. The van der Waals surface area contributed by atoms with Gasteiger partial charge in [0, 0.05) is 50.5 Å². The molecule has 0 spiro atoms. The maximum Gasteiger partial charge on any atom is 0.244 e. The first-order valence-electron chi connectivity index (χ1n) is 13.6. The van der Waals surface area contributed by atoms with Crippen LogP contribution in [0.15, 0.2) is 35.4 Å². The van der Waals surface area contributed by atoms with E-state index in [0.717, 1.165) is 44.7 Å². The molecule has 3 aliphatic rings. The average Bonchev–Trinajstić information content (AvgIpc) is 3.54. The van der Waals surface area contributed by atoms with Gasteiger partial charge in [0.1, 0.15) is 5.75 Å². The molecule has 1 aromatic carbocycles. The topological polar surface area (TPSA) is 75.1 Å². The monoisotopic (exact) mass is 528 g/mol. The van der Waals surface area contributed by atoms with Gasteiger partial charge in [-0.15, -0.1) is 0 Å². The predicted molar refractivity (Wildman–Crippen MR) is 143 cm³/mol. The van der Waals surface area contributed by atoms with Crippen LogP contribution in [-0.4, -0.2) is 78.9 Å². The first kappa shape index (κ1) is 26.3. The van der Waals surface area contributed by atoms with Crippen molar-refractivity contribution in [3.8, 4) is 5.75 Å². The van der Waals surface area contributed by atoms with Crippen molar-refractivity contribution >= 4 is 15.9 Å². The highest BCUT2D eigenvalue weighted by molar-refractivity contribution is 7.89. The summed E-state index contributed by atoms with van der Waals surface area (Å²) < 4.78 is 37.3. The lowest BCUT2D eigenvalue weighted by molar-refractivity contribution is -0.133. The standard InChI is InChI=1S/C28H40N4O4S/c1-21-17-24(36-3)18-22(2)28(21)37(34,35)32-16-15-30-13-8-10-25(30)26(32)19-27(33)31-14-7-9-23(31)20-29-11-5-4-6-12-29/h8,10,13,17-18,23,26H,4-7,9,11-12,14-16,19-20H2,1-3H3. The molecule has 8 nitrogen and oxygen atoms in total. The van der Waals surface area contributed by atoms with Crippen LogP contribution >= 0.6 is 0 Å². The molecule has 0 N–H and O–H groups in total. The Hall–Kier alpha value is -2.36. The van der Waals surface area contributed by atoms with Crippen LogP contribution in [0.3, 0.4) is 0 Å². The number of aromatic nitrogens is 1. The largest absolute Gasteiger partial charge is 0.497 e. The van der Waals surface area contributed by atoms with E-state index in [4.69, 9.17) is 4.74 Å². The minimum atomic E-state index is -3.84. The number of fused-ring (bicyclic) bond motifs is 1. The smallest absolute Gasteiger partial charge is 0.244 e. The number of nitrogens with zero attached hydrogens (tertiary/aromatic N) is 4. The van der Waals surface area contributed by atoms with Crippen molar-refractivity contribution in [1.29, 1.82) is 0 Å². The van der Waals surface area contributed by atoms with E-state index in [9.17, 15) is 13.2 Å². The van der Waals surface area contributed by atoms with Gasteiger partial charge < -0.3 is 19.1 Å². The van der Waals surface area contributed by atoms with Crippen molar-refractivity contribution in [2.75, 3.05) is 39.8 Å². The molecule has 2 atom stereocenters. The summed E-state index contributed by atoms with van der Waals surface area (Å²) in [6, 6.07) is 7.13. The van der Waals surface area contributed by atoms with Crippen molar-refractivity contribution in [3.63, 3.8) is 0 Å². The number of benzene rings is 1. The molecule has 5 rings (SSSR count). The first-order valence-corrected chi connectivity index (χ1v) is 15.1. The minimum Gasteiger partial charge on any atom is -0.497 e. The molecule has 2 saturated heterocycles. The van der Waals surface area contributed by atoms with Gasteiger partial charge in [-0.1, -0.05) is 6.42 Å². The van der Waals surface area contributed by atoms with E-state index in [1.54, 1.807) is 23.5 Å². The number of sulfonamides is 1. The lowest BCUT2D eigenvalue weighted by atomic mass is 10.1. The van der Waals surface area contributed by atoms with Crippen LogP contribution in [0, 0.1) is 13.8 Å². The molecule has 37 heavy (non-hydrogen) atoms. The lowest BCUT2D eigenvalue weighted by Gasteiger charge is -2.38. The maximum absolute atomic E-state index is 14.1. The molecule has 1 amide bonds.